The van der Waals surface area contributed by atoms with E-state index in [-0.39, 0.29) is 12.2 Å². The van der Waals surface area contributed by atoms with Gasteiger partial charge in [-0.25, -0.2) is 9.69 Å². The minimum absolute atomic E-state index is 0.205. The zero-order chi connectivity index (χ0) is 20.4. The van der Waals surface area contributed by atoms with Gasteiger partial charge in [0.05, 0.1) is 22.9 Å². The molecule has 0 radical (unpaired) electrons. The summed E-state index contributed by atoms with van der Waals surface area (Å²) in [6, 6.07) is 3.60. The van der Waals surface area contributed by atoms with Gasteiger partial charge in [0, 0.05) is 20.3 Å². The van der Waals surface area contributed by atoms with Gasteiger partial charge in [-0.3, -0.25) is 4.79 Å². The van der Waals surface area contributed by atoms with Gasteiger partial charge in [0.25, 0.3) is 5.91 Å². The summed E-state index contributed by atoms with van der Waals surface area (Å²) >= 11 is 0. The lowest BCUT2D eigenvalue weighted by Gasteiger charge is -2.27. The predicted octanol–water partition coefficient (Wildman–Crippen LogP) is 3.55. The maximum absolute atomic E-state index is 13.2. The number of carbonyl (C=O) groups is 2. The maximum Gasteiger partial charge on any atom is 0.417 e. The fraction of sp³-hybridized carbons (Fsp3) is 0.500. The molecular weight excluding hydrogens is 363 g/mol. The quantitative estimate of drug-likeness (QED) is 0.556. The topological polar surface area (TPSA) is 73.6 Å². The number of halogens is 3. The first kappa shape index (κ1) is 20.7. The third-order valence-electron chi connectivity index (χ3n) is 4.49. The van der Waals surface area contributed by atoms with E-state index in [2.05, 4.69) is 0 Å². The number of methoxy groups -OCH3 is 1. The van der Waals surface area contributed by atoms with Crippen LogP contribution in [0, 0.1) is 11.3 Å². The van der Waals surface area contributed by atoms with Crippen molar-refractivity contribution in [1.82, 2.24) is 4.90 Å². The summed E-state index contributed by atoms with van der Waals surface area (Å²) in [5.41, 5.74) is -3.14. The lowest BCUT2D eigenvalue weighted by molar-refractivity contribution is -0.137. The smallest absolute Gasteiger partial charge is 0.385 e. The number of nitrogens with zero attached hydrogens (tertiary/aromatic N) is 3. The van der Waals surface area contributed by atoms with Crippen LogP contribution < -0.4 is 4.90 Å². The SMILES string of the molecule is COCCCCN1C(=O)N(c2ccc(C#N)c(C(F)(F)F)c2)C(=O)C1(C)C. The Hall–Kier alpha value is -2.60. The van der Waals surface area contributed by atoms with Crippen LogP contribution in [-0.2, 0) is 15.7 Å². The van der Waals surface area contributed by atoms with Crippen LogP contribution in [0.3, 0.4) is 0 Å². The molecule has 6 nitrogen and oxygen atoms in total. The molecule has 0 saturated carbocycles. The molecular formula is C18H20F3N3O3. The van der Waals surface area contributed by atoms with Crippen LogP contribution in [0.1, 0.15) is 37.8 Å². The van der Waals surface area contributed by atoms with Gasteiger partial charge in [-0.15, -0.1) is 0 Å². The molecule has 3 amide bonds. The number of carbonyl (C=O) groups excluding carboxylic acids is 2. The highest BCUT2D eigenvalue weighted by atomic mass is 19.4. The van der Waals surface area contributed by atoms with Gasteiger partial charge in [-0.05, 0) is 44.9 Å². The van der Waals surface area contributed by atoms with Gasteiger partial charge in [0.15, 0.2) is 0 Å². The van der Waals surface area contributed by atoms with E-state index in [1.54, 1.807) is 21.0 Å². The van der Waals surface area contributed by atoms with E-state index in [1.165, 1.54) is 17.0 Å². The van der Waals surface area contributed by atoms with E-state index < -0.39 is 34.8 Å². The lowest BCUT2D eigenvalue weighted by atomic mass is 10.0. The highest BCUT2D eigenvalue weighted by Crippen LogP contribution is 2.37. The van der Waals surface area contributed by atoms with Crippen molar-refractivity contribution in [3.05, 3.63) is 29.3 Å². The van der Waals surface area contributed by atoms with Crippen molar-refractivity contribution >= 4 is 17.6 Å². The molecule has 146 valence electrons. The van der Waals surface area contributed by atoms with Gasteiger partial charge >= 0.3 is 12.2 Å². The number of alkyl halides is 3. The molecule has 1 fully saturated rings. The first-order chi connectivity index (χ1) is 12.6. The van der Waals surface area contributed by atoms with E-state index >= 15 is 0 Å². The van der Waals surface area contributed by atoms with Crippen LogP contribution in [0.5, 0.6) is 0 Å². The van der Waals surface area contributed by atoms with Gasteiger partial charge in [-0.1, -0.05) is 0 Å². The second kappa shape index (κ2) is 7.56. The van der Waals surface area contributed by atoms with Gasteiger partial charge < -0.3 is 9.64 Å². The second-order valence-electron chi connectivity index (χ2n) is 6.67. The zero-order valence-electron chi connectivity index (χ0n) is 15.3. The van der Waals surface area contributed by atoms with Crippen molar-refractivity contribution in [2.75, 3.05) is 25.2 Å². The normalized spacial score (nSPS) is 16.8. The van der Waals surface area contributed by atoms with Crippen LogP contribution in [0.25, 0.3) is 0 Å². The van der Waals surface area contributed by atoms with Crippen molar-refractivity contribution < 1.29 is 27.5 Å². The fourth-order valence-electron chi connectivity index (χ4n) is 2.96. The molecule has 0 spiro atoms. The Morgan fingerprint density at radius 2 is 1.89 bits per heavy atom. The minimum Gasteiger partial charge on any atom is -0.385 e. The van der Waals surface area contributed by atoms with Crippen LogP contribution >= 0.6 is 0 Å². The first-order valence-corrected chi connectivity index (χ1v) is 8.32. The van der Waals surface area contributed by atoms with Crippen molar-refractivity contribution in [3.8, 4) is 6.07 Å². The number of ether oxygens (including phenoxy) is 1. The fourth-order valence-corrected chi connectivity index (χ4v) is 2.96. The van der Waals surface area contributed by atoms with Crippen LogP contribution in [0.4, 0.5) is 23.7 Å². The Morgan fingerprint density at radius 1 is 1.22 bits per heavy atom. The second-order valence-corrected chi connectivity index (χ2v) is 6.67. The van der Waals surface area contributed by atoms with Crippen LogP contribution in [0.15, 0.2) is 18.2 Å². The summed E-state index contributed by atoms with van der Waals surface area (Å²) in [6.45, 7) is 3.89. The molecule has 0 aromatic heterocycles. The number of anilines is 1. The average Bonchev–Trinajstić information content (AvgIpc) is 2.76. The largest absolute Gasteiger partial charge is 0.417 e. The van der Waals surface area contributed by atoms with Crippen molar-refractivity contribution in [2.45, 2.75) is 38.4 Å². The molecule has 0 aliphatic carbocycles. The molecule has 2 rings (SSSR count). The monoisotopic (exact) mass is 383 g/mol. The molecule has 9 heteroatoms. The molecule has 0 atom stereocenters. The van der Waals surface area contributed by atoms with E-state index in [1.807, 2.05) is 0 Å². The Bertz CT molecular complexity index is 784. The zero-order valence-corrected chi connectivity index (χ0v) is 15.3. The maximum atomic E-state index is 13.2. The molecule has 1 aliphatic rings. The van der Waals surface area contributed by atoms with Crippen LogP contribution in [-0.4, -0.2) is 42.6 Å². The molecule has 27 heavy (non-hydrogen) atoms. The third-order valence-corrected chi connectivity index (χ3v) is 4.49. The summed E-state index contributed by atoms with van der Waals surface area (Å²) < 4.78 is 44.6. The van der Waals surface area contributed by atoms with Gasteiger partial charge in [-0.2, -0.15) is 18.4 Å². The number of rotatable bonds is 6. The minimum atomic E-state index is -4.78. The molecule has 1 saturated heterocycles. The van der Waals surface area contributed by atoms with E-state index in [0.717, 1.165) is 11.0 Å². The summed E-state index contributed by atoms with van der Waals surface area (Å²) in [6.07, 6.45) is -3.51. The van der Waals surface area contributed by atoms with Crippen LogP contribution in [0.2, 0.25) is 0 Å². The highest BCUT2D eigenvalue weighted by Gasteiger charge is 2.51. The Labute approximate surface area is 155 Å². The number of hydrogen-bond acceptors (Lipinski definition) is 4. The van der Waals surface area contributed by atoms with Crippen molar-refractivity contribution in [3.63, 3.8) is 0 Å². The predicted molar refractivity (Wildman–Crippen MR) is 90.9 cm³/mol. The average molecular weight is 383 g/mol. The Kier molecular flexibility index (Phi) is 5.80. The third kappa shape index (κ3) is 3.90. The lowest BCUT2D eigenvalue weighted by Crippen LogP contribution is -2.44. The van der Waals surface area contributed by atoms with Crippen molar-refractivity contribution in [2.24, 2.45) is 0 Å². The van der Waals surface area contributed by atoms with E-state index in [0.29, 0.717) is 25.5 Å². The number of benzene rings is 1. The molecule has 1 aliphatic heterocycles. The summed E-state index contributed by atoms with van der Waals surface area (Å²) in [5, 5.41) is 8.89. The van der Waals surface area contributed by atoms with Gasteiger partial charge in [0.1, 0.15) is 5.54 Å². The molecule has 0 bridgehead atoms. The summed E-state index contributed by atoms with van der Waals surface area (Å²) in [7, 11) is 1.55. The molecule has 0 N–H and O–H groups in total. The standard InChI is InChI=1S/C18H20F3N3O3/c1-17(2)15(25)24(16(26)23(17)8-4-5-9-27-3)13-7-6-12(11-22)14(10-13)18(19,20)21/h6-7,10H,4-5,8-9H2,1-3H3. The number of nitriles is 1. The molecule has 1 heterocycles. The number of hydrogen-bond donors (Lipinski definition) is 0. The van der Waals surface area contributed by atoms with E-state index in [9.17, 15) is 22.8 Å². The Morgan fingerprint density at radius 3 is 2.44 bits per heavy atom. The number of unbranched alkanes of at least 4 members (excludes halogenated alkanes) is 1. The Balaban J connectivity index is 2.37. The molecule has 1 aromatic carbocycles. The van der Waals surface area contributed by atoms with Crippen molar-refractivity contribution in [1.29, 1.82) is 5.26 Å². The molecule has 0 unspecified atom stereocenters. The van der Waals surface area contributed by atoms with E-state index in [4.69, 9.17) is 10.00 Å². The number of urea groups is 1. The number of imide groups is 1. The summed E-state index contributed by atoms with van der Waals surface area (Å²) in [5.74, 6) is -0.614. The summed E-state index contributed by atoms with van der Waals surface area (Å²) in [4.78, 5) is 27.6. The van der Waals surface area contributed by atoms with Gasteiger partial charge in [0.2, 0.25) is 0 Å². The highest BCUT2D eigenvalue weighted by molar-refractivity contribution is 6.23. The molecule has 1 aromatic rings. The number of amides is 3. The first-order valence-electron chi connectivity index (χ1n) is 8.32.